The molecule has 0 aliphatic heterocycles. The van der Waals surface area contributed by atoms with E-state index < -0.39 is 0 Å². The molecule has 0 fully saturated rings. The molecule has 1 aliphatic carbocycles. The quantitative estimate of drug-likeness (QED) is 0.550. The fourth-order valence-corrected chi connectivity index (χ4v) is 4.96. The Morgan fingerprint density at radius 2 is 1.92 bits per heavy atom. The predicted octanol–water partition coefficient (Wildman–Crippen LogP) is 3.90. The predicted molar refractivity (Wildman–Crippen MR) is 101 cm³/mol. The molecule has 0 atom stereocenters. The van der Waals surface area contributed by atoms with Crippen molar-refractivity contribution in [1.82, 2.24) is 19.8 Å². The van der Waals surface area contributed by atoms with Crippen LogP contribution in [0.25, 0.3) is 27.1 Å². The summed E-state index contributed by atoms with van der Waals surface area (Å²) in [6.45, 7) is 0. The fraction of sp³-hybridized carbons (Fsp3) is 0.316. The van der Waals surface area contributed by atoms with Crippen LogP contribution in [-0.2, 0) is 12.8 Å². The maximum Gasteiger partial charge on any atom is 0.194 e. The van der Waals surface area contributed by atoms with Gasteiger partial charge >= 0.3 is 0 Å². The van der Waals surface area contributed by atoms with Gasteiger partial charge in [-0.25, -0.2) is 4.98 Å². The van der Waals surface area contributed by atoms with E-state index in [1.807, 2.05) is 35.7 Å². The van der Waals surface area contributed by atoms with Gasteiger partial charge in [0.05, 0.1) is 25.1 Å². The second kappa shape index (κ2) is 5.95. The van der Waals surface area contributed by atoms with Crippen molar-refractivity contribution >= 4 is 27.1 Å². The molecule has 6 nitrogen and oxygen atoms in total. The van der Waals surface area contributed by atoms with Crippen molar-refractivity contribution in [3.05, 3.63) is 34.8 Å². The van der Waals surface area contributed by atoms with Crippen molar-refractivity contribution in [3.8, 4) is 22.9 Å². The molecule has 0 radical (unpaired) electrons. The Morgan fingerprint density at radius 3 is 2.77 bits per heavy atom. The SMILES string of the molecule is COc1ccc(-c2nc3c4sc5c(c4cnn3n2)CCCC5)cc1OC. The van der Waals surface area contributed by atoms with Gasteiger partial charge in [0.1, 0.15) is 0 Å². The molecule has 0 spiro atoms. The van der Waals surface area contributed by atoms with Crippen LogP contribution in [-0.4, -0.2) is 34.0 Å². The average Bonchev–Trinajstić information content (AvgIpc) is 3.28. The first kappa shape index (κ1) is 15.6. The van der Waals surface area contributed by atoms with Crippen LogP contribution in [0.2, 0.25) is 0 Å². The number of rotatable bonds is 3. The summed E-state index contributed by atoms with van der Waals surface area (Å²) in [5, 5.41) is 10.3. The Kier molecular flexibility index (Phi) is 3.56. The Hall–Kier alpha value is -2.67. The minimum Gasteiger partial charge on any atom is -0.493 e. The summed E-state index contributed by atoms with van der Waals surface area (Å²) in [7, 11) is 3.25. The number of aromatic nitrogens is 4. The van der Waals surface area contributed by atoms with E-state index in [1.54, 1.807) is 18.8 Å². The third kappa shape index (κ3) is 2.27. The zero-order valence-corrected chi connectivity index (χ0v) is 15.5. The standard InChI is InChI=1S/C19H18N4O2S/c1-24-14-8-7-11(9-15(14)25-2)18-21-19-17-13(10-20-23(19)22-18)12-5-3-4-6-16(12)26-17/h7-10H,3-6H2,1-2H3. The molecular formula is C19H18N4O2S. The lowest BCUT2D eigenvalue weighted by Gasteiger charge is -2.09. The van der Waals surface area contributed by atoms with Gasteiger partial charge in [0.25, 0.3) is 0 Å². The first-order chi connectivity index (χ1) is 12.8. The maximum atomic E-state index is 5.40. The number of nitrogens with zero attached hydrogens (tertiary/aromatic N) is 4. The second-order valence-electron chi connectivity index (χ2n) is 6.42. The van der Waals surface area contributed by atoms with Crippen molar-refractivity contribution in [2.24, 2.45) is 0 Å². The van der Waals surface area contributed by atoms with Crippen molar-refractivity contribution in [1.29, 1.82) is 0 Å². The molecule has 0 saturated heterocycles. The molecule has 0 unspecified atom stereocenters. The Balaban J connectivity index is 1.68. The van der Waals surface area contributed by atoms with Gasteiger partial charge in [0.2, 0.25) is 0 Å². The van der Waals surface area contributed by atoms with E-state index in [0.29, 0.717) is 17.3 Å². The van der Waals surface area contributed by atoms with Crippen LogP contribution in [0.5, 0.6) is 11.5 Å². The normalized spacial score (nSPS) is 13.9. The number of aryl methyl sites for hydroxylation is 2. The van der Waals surface area contributed by atoms with E-state index in [9.17, 15) is 0 Å². The van der Waals surface area contributed by atoms with Crippen LogP contribution in [0.3, 0.4) is 0 Å². The highest BCUT2D eigenvalue weighted by Crippen LogP contribution is 2.38. The number of hydrogen-bond donors (Lipinski definition) is 0. The minimum absolute atomic E-state index is 0.636. The van der Waals surface area contributed by atoms with Crippen LogP contribution < -0.4 is 9.47 Å². The summed E-state index contributed by atoms with van der Waals surface area (Å²) in [5.74, 6) is 1.98. The Bertz CT molecular complexity index is 1130. The van der Waals surface area contributed by atoms with Crippen LogP contribution >= 0.6 is 11.3 Å². The Labute approximate surface area is 154 Å². The van der Waals surface area contributed by atoms with E-state index in [-0.39, 0.29) is 0 Å². The number of ether oxygens (including phenoxy) is 2. The molecule has 5 rings (SSSR count). The summed E-state index contributed by atoms with van der Waals surface area (Å²) in [4.78, 5) is 6.27. The summed E-state index contributed by atoms with van der Waals surface area (Å²) < 4.78 is 13.5. The topological polar surface area (TPSA) is 61.5 Å². The third-order valence-electron chi connectivity index (χ3n) is 4.94. The first-order valence-corrected chi connectivity index (χ1v) is 9.49. The molecule has 0 saturated carbocycles. The van der Waals surface area contributed by atoms with Crippen molar-refractivity contribution < 1.29 is 9.47 Å². The summed E-state index contributed by atoms with van der Waals surface area (Å²) in [6.07, 6.45) is 6.78. The average molecular weight is 366 g/mol. The highest BCUT2D eigenvalue weighted by molar-refractivity contribution is 7.20. The van der Waals surface area contributed by atoms with Crippen LogP contribution in [0.4, 0.5) is 0 Å². The molecular weight excluding hydrogens is 348 g/mol. The van der Waals surface area contributed by atoms with Gasteiger partial charge in [-0.05, 0) is 49.4 Å². The molecule has 0 N–H and O–H groups in total. The summed E-state index contributed by atoms with van der Waals surface area (Å²) in [5.41, 5.74) is 3.16. The number of fused-ring (bicyclic) bond motifs is 5. The zero-order valence-electron chi connectivity index (χ0n) is 14.7. The smallest absolute Gasteiger partial charge is 0.194 e. The van der Waals surface area contributed by atoms with Crippen molar-refractivity contribution in [2.45, 2.75) is 25.7 Å². The highest BCUT2D eigenvalue weighted by Gasteiger charge is 2.20. The van der Waals surface area contributed by atoms with Crippen LogP contribution in [0.1, 0.15) is 23.3 Å². The lowest BCUT2D eigenvalue weighted by atomic mass is 9.97. The number of methoxy groups -OCH3 is 2. The number of thiophene rings is 1. The largest absolute Gasteiger partial charge is 0.493 e. The maximum absolute atomic E-state index is 5.40. The van der Waals surface area contributed by atoms with E-state index in [1.165, 1.54) is 33.4 Å². The molecule has 1 aromatic carbocycles. The molecule has 1 aliphatic rings. The van der Waals surface area contributed by atoms with E-state index in [4.69, 9.17) is 14.5 Å². The van der Waals surface area contributed by atoms with Gasteiger partial charge in [0.15, 0.2) is 23.0 Å². The van der Waals surface area contributed by atoms with Gasteiger partial charge in [-0.15, -0.1) is 21.1 Å². The van der Waals surface area contributed by atoms with Gasteiger partial charge in [-0.2, -0.15) is 5.10 Å². The highest BCUT2D eigenvalue weighted by atomic mass is 32.1. The summed E-state index contributed by atoms with van der Waals surface area (Å²) in [6, 6.07) is 5.70. The molecule has 0 bridgehead atoms. The van der Waals surface area contributed by atoms with E-state index >= 15 is 0 Å². The molecule has 3 aromatic heterocycles. The van der Waals surface area contributed by atoms with Gasteiger partial charge in [-0.3, -0.25) is 0 Å². The molecule has 4 aromatic rings. The summed E-state index contributed by atoms with van der Waals surface area (Å²) >= 11 is 1.84. The van der Waals surface area contributed by atoms with E-state index in [0.717, 1.165) is 24.1 Å². The number of hydrogen-bond acceptors (Lipinski definition) is 6. The first-order valence-electron chi connectivity index (χ1n) is 8.67. The zero-order chi connectivity index (χ0) is 17.7. The van der Waals surface area contributed by atoms with Gasteiger partial charge in [0, 0.05) is 15.8 Å². The fourth-order valence-electron chi connectivity index (χ4n) is 3.63. The van der Waals surface area contributed by atoms with Gasteiger partial charge < -0.3 is 9.47 Å². The molecule has 3 heterocycles. The lowest BCUT2D eigenvalue weighted by Crippen LogP contribution is -1.98. The second-order valence-corrected chi connectivity index (χ2v) is 7.52. The Morgan fingerprint density at radius 1 is 1.08 bits per heavy atom. The monoisotopic (exact) mass is 366 g/mol. The van der Waals surface area contributed by atoms with Crippen molar-refractivity contribution in [3.63, 3.8) is 0 Å². The minimum atomic E-state index is 0.636. The lowest BCUT2D eigenvalue weighted by molar-refractivity contribution is 0.355. The molecule has 0 amide bonds. The molecule has 26 heavy (non-hydrogen) atoms. The molecule has 132 valence electrons. The number of benzene rings is 1. The molecule has 7 heteroatoms. The van der Waals surface area contributed by atoms with E-state index in [2.05, 4.69) is 10.2 Å². The van der Waals surface area contributed by atoms with Crippen LogP contribution in [0.15, 0.2) is 24.4 Å². The van der Waals surface area contributed by atoms with Gasteiger partial charge in [-0.1, -0.05) is 0 Å². The van der Waals surface area contributed by atoms with Crippen LogP contribution in [0, 0.1) is 0 Å². The van der Waals surface area contributed by atoms with Crippen molar-refractivity contribution in [2.75, 3.05) is 14.2 Å². The third-order valence-corrected chi connectivity index (χ3v) is 6.25.